The van der Waals surface area contributed by atoms with E-state index in [1.165, 1.54) is 23.4 Å². The third-order valence-corrected chi connectivity index (χ3v) is 6.53. The predicted molar refractivity (Wildman–Crippen MR) is 98.4 cm³/mol. The maximum absolute atomic E-state index is 4.54. The summed E-state index contributed by atoms with van der Waals surface area (Å²) in [5.41, 5.74) is 4.30. The quantitative estimate of drug-likeness (QED) is 0.726. The van der Waals surface area contributed by atoms with Crippen LogP contribution in [0.1, 0.15) is 29.2 Å². The molecule has 1 saturated heterocycles. The minimum absolute atomic E-state index is 0.561. The summed E-state index contributed by atoms with van der Waals surface area (Å²) < 4.78 is 2.35. The van der Waals surface area contributed by atoms with Gasteiger partial charge in [-0.3, -0.25) is 4.90 Å². The van der Waals surface area contributed by atoms with Crippen LogP contribution in [0, 0.1) is 6.92 Å². The van der Waals surface area contributed by atoms with Gasteiger partial charge in [-0.25, -0.2) is 4.98 Å². The molecule has 5 nitrogen and oxygen atoms in total. The Balaban J connectivity index is 1.47. The Hall–Kier alpha value is -2.05. The highest BCUT2D eigenvalue weighted by Gasteiger charge is 2.38. The molecular weight excluding hydrogens is 330 g/mol. The van der Waals surface area contributed by atoms with Crippen molar-refractivity contribution in [1.82, 2.24) is 24.6 Å². The molecule has 4 heterocycles. The van der Waals surface area contributed by atoms with E-state index >= 15 is 0 Å². The number of rotatable bonds is 3. The number of aromatic nitrogens is 4. The lowest BCUT2D eigenvalue weighted by Gasteiger charge is -2.27. The van der Waals surface area contributed by atoms with Crippen LogP contribution in [0.25, 0.3) is 11.4 Å². The van der Waals surface area contributed by atoms with Gasteiger partial charge in [-0.2, -0.15) is 0 Å². The summed E-state index contributed by atoms with van der Waals surface area (Å²) in [7, 11) is 0. The number of benzene rings is 1. The summed E-state index contributed by atoms with van der Waals surface area (Å²) in [5.74, 6) is 2.15. The Labute approximate surface area is 151 Å². The highest BCUT2D eigenvalue weighted by molar-refractivity contribution is 7.09. The molecule has 2 aliphatic rings. The second-order valence-electron chi connectivity index (χ2n) is 7.04. The zero-order valence-corrected chi connectivity index (χ0v) is 15.1. The van der Waals surface area contributed by atoms with Crippen LogP contribution in [0.3, 0.4) is 0 Å². The first-order chi connectivity index (χ1) is 12.3. The van der Waals surface area contributed by atoms with Gasteiger partial charge < -0.3 is 4.57 Å². The number of thiazole rings is 1. The van der Waals surface area contributed by atoms with E-state index in [0.29, 0.717) is 12.1 Å². The third-order valence-electron chi connectivity index (χ3n) is 5.61. The van der Waals surface area contributed by atoms with Gasteiger partial charge in [0.2, 0.25) is 0 Å². The Morgan fingerprint density at radius 3 is 2.76 bits per heavy atom. The fraction of sp³-hybridized carbons (Fsp3) is 0.421. The van der Waals surface area contributed by atoms with Crippen molar-refractivity contribution in [2.24, 2.45) is 0 Å². The highest BCUT2D eigenvalue weighted by atomic mass is 32.1. The number of nitrogens with zero attached hydrogens (tertiary/aromatic N) is 5. The second kappa shape index (κ2) is 6.04. The first-order valence-corrected chi connectivity index (χ1v) is 9.80. The van der Waals surface area contributed by atoms with E-state index in [0.717, 1.165) is 36.7 Å². The van der Waals surface area contributed by atoms with E-state index in [4.69, 9.17) is 0 Å². The Morgan fingerprint density at radius 1 is 1.12 bits per heavy atom. The average Bonchev–Trinajstić information content (AvgIpc) is 3.28. The monoisotopic (exact) mass is 351 g/mol. The summed E-state index contributed by atoms with van der Waals surface area (Å²) in [5, 5.41) is 9.05. The lowest BCUT2D eigenvalue weighted by atomic mass is 10.1. The fourth-order valence-corrected chi connectivity index (χ4v) is 5.02. The minimum Gasteiger partial charge on any atom is -0.309 e. The van der Waals surface area contributed by atoms with Gasteiger partial charge in [0.25, 0.3) is 0 Å². The molecule has 0 amide bonds. The van der Waals surface area contributed by atoms with E-state index in [1.807, 2.05) is 11.6 Å². The molecule has 0 spiro atoms. The summed E-state index contributed by atoms with van der Waals surface area (Å²) >= 11 is 1.78. The van der Waals surface area contributed by atoms with Gasteiger partial charge in [-0.1, -0.05) is 30.3 Å². The summed E-state index contributed by atoms with van der Waals surface area (Å²) in [6.07, 6.45) is 3.51. The topological polar surface area (TPSA) is 46.8 Å². The summed E-state index contributed by atoms with van der Waals surface area (Å²) in [6.45, 7) is 4.12. The maximum Gasteiger partial charge on any atom is 0.164 e. The molecule has 0 radical (unpaired) electrons. The molecule has 5 rings (SSSR count). The van der Waals surface area contributed by atoms with E-state index < -0.39 is 0 Å². The van der Waals surface area contributed by atoms with E-state index in [1.54, 1.807) is 11.3 Å². The molecule has 1 fully saturated rings. The van der Waals surface area contributed by atoms with Gasteiger partial charge in [0.1, 0.15) is 5.82 Å². The van der Waals surface area contributed by atoms with Gasteiger partial charge in [-0.05, 0) is 19.8 Å². The van der Waals surface area contributed by atoms with Crippen molar-refractivity contribution in [2.75, 3.05) is 0 Å². The zero-order chi connectivity index (χ0) is 16.8. The average molecular weight is 351 g/mol. The first kappa shape index (κ1) is 15.2. The Bertz CT molecular complexity index is 884. The third kappa shape index (κ3) is 2.60. The van der Waals surface area contributed by atoms with Gasteiger partial charge in [0.05, 0.1) is 11.2 Å². The number of hydrogen-bond acceptors (Lipinski definition) is 5. The molecule has 2 bridgehead atoms. The van der Waals surface area contributed by atoms with E-state index in [9.17, 15) is 0 Å². The van der Waals surface area contributed by atoms with Crippen LogP contribution in [0.15, 0.2) is 35.8 Å². The molecule has 0 N–H and O–H groups in total. The van der Waals surface area contributed by atoms with Crippen LogP contribution >= 0.6 is 11.3 Å². The molecule has 128 valence electrons. The Morgan fingerprint density at radius 2 is 1.96 bits per heavy atom. The van der Waals surface area contributed by atoms with Crippen molar-refractivity contribution < 1.29 is 0 Å². The summed E-state index contributed by atoms with van der Waals surface area (Å²) in [6, 6.07) is 11.6. The van der Waals surface area contributed by atoms with Crippen LogP contribution in [0.5, 0.6) is 0 Å². The molecule has 6 heteroatoms. The van der Waals surface area contributed by atoms with Crippen LogP contribution < -0.4 is 0 Å². The van der Waals surface area contributed by atoms with Crippen molar-refractivity contribution in [3.63, 3.8) is 0 Å². The lowest BCUT2D eigenvalue weighted by molar-refractivity contribution is 0.182. The van der Waals surface area contributed by atoms with Crippen molar-refractivity contribution in [3.8, 4) is 11.4 Å². The number of hydrogen-bond donors (Lipinski definition) is 0. The van der Waals surface area contributed by atoms with Gasteiger partial charge in [0.15, 0.2) is 5.82 Å². The van der Waals surface area contributed by atoms with E-state index in [-0.39, 0.29) is 0 Å². The number of aryl methyl sites for hydroxylation is 1. The molecule has 0 saturated carbocycles. The van der Waals surface area contributed by atoms with Crippen molar-refractivity contribution >= 4 is 11.3 Å². The minimum atomic E-state index is 0.561. The van der Waals surface area contributed by atoms with Crippen molar-refractivity contribution in [3.05, 3.63) is 52.2 Å². The molecule has 2 aromatic heterocycles. The van der Waals surface area contributed by atoms with Gasteiger partial charge in [0, 0.05) is 42.0 Å². The zero-order valence-electron chi connectivity index (χ0n) is 14.3. The first-order valence-electron chi connectivity index (χ1n) is 8.92. The van der Waals surface area contributed by atoms with Crippen LogP contribution in [0.4, 0.5) is 0 Å². The van der Waals surface area contributed by atoms with Crippen molar-refractivity contribution in [2.45, 2.75) is 51.4 Å². The van der Waals surface area contributed by atoms with E-state index in [2.05, 4.69) is 55.8 Å². The van der Waals surface area contributed by atoms with Crippen molar-refractivity contribution in [1.29, 1.82) is 0 Å². The largest absolute Gasteiger partial charge is 0.309 e. The normalized spacial score (nSPS) is 22.8. The molecule has 2 atom stereocenters. The number of fused-ring (bicyclic) bond motifs is 3. The molecule has 1 aromatic carbocycles. The highest BCUT2D eigenvalue weighted by Crippen LogP contribution is 2.35. The summed E-state index contributed by atoms with van der Waals surface area (Å²) in [4.78, 5) is 8.51. The van der Waals surface area contributed by atoms with Crippen LogP contribution in [-0.2, 0) is 19.5 Å². The molecule has 3 aromatic rings. The standard InChI is InChI=1S/C19H21N5S/c1-13-17(25-12-20-13)11-23-15-7-8-16(23)10-24-18(9-15)21-22-19(24)14-5-3-2-4-6-14/h2-6,12,15-16H,7-11H2,1H3/t15-,16+/m0/s1. The van der Waals surface area contributed by atoms with Gasteiger partial charge in [-0.15, -0.1) is 21.5 Å². The van der Waals surface area contributed by atoms with Crippen LogP contribution in [0.2, 0.25) is 0 Å². The lowest BCUT2D eigenvalue weighted by Crippen LogP contribution is -2.36. The maximum atomic E-state index is 4.54. The smallest absolute Gasteiger partial charge is 0.164 e. The molecule has 0 aliphatic carbocycles. The van der Waals surface area contributed by atoms with Gasteiger partial charge >= 0.3 is 0 Å². The molecule has 25 heavy (non-hydrogen) atoms. The SMILES string of the molecule is Cc1ncsc1CN1[C@@H]2CC[C@H]1Cc1nnc(-c3ccccc3)n1C2. The fourth-order valence-electron chi connectivity index (χ4n) is 4.23. The molecule has 2 aliphatic heterocycles. The van der Waals surface area contributed by atoms with Crippen LogP contribution in [-0.4, -0.2) is 36.7 Å². The Kier molecular flexibility index (Phi) is 3.68. The molecular formula is C19H21N5S. The molecule has 0 unspecified atom stereocenters. The predicted octanol–water partition coefficient (Wildman–Crippen LogP) is 3.30. The second-order valence-corrected chi connectivity index (χ2v) is 7.98.